The Kier molecular flexibility index (Phi) is 3.89. The molecule has 0 saturated heterocycles. The summed E-state index contributed by atoms with van der Waals surface area (Å²) in [6.45, 7) is 0. The summed E-state index contributed by atoms with van der Waals surface area (Å²) in [5.74, 6) is 1.70. The van der Waals surface area contributed by atoms with Gasteiger partial charge >= 0.3 is 0 Å². The van der Waals surface area contributed by atoms with Crippen LogP contribution in [-0.4, -0.2) is 17.1 Å². The Balaban J connectivity index is 2.07. The van der Waals surface area contributed by atoms with Gasteiger partial charge in [-0.3, -0.25) is 0 Å². The van der Waals surface area contributed by atoms with Gasteiger partial charge in [-0.15, -0.1) is 0 Å². The van der Waals surface area contributed by atoms with Crippen molar-refractivity contribution in [1.82, 2.24) is 9.97 Å². The SMILES string of the molecule is COc1ccc(-c2nc(Cl)c(Br)c(C3CC3)n2)cc1Cl. The van der Waals surface area contributed by atoms with E-state index in [1.54, 1.807) is 19.2 Å². The van der Waals surface area contributed by atoms with Gasteiger partial charge in [0.1, 0.15) is 10.9 Å². The lowest BCUT2D eigenvalue weighted by Gasteiger charge is -2.09. The molecule has 1 aromatic heterocycles. The first-order valence-electron chi connectivity index (χ1n) is 6.17. The van der Waals surface area contributed by atoms with Crippen LogP contribution in [-0.2, 0) is 0 Å². The minimum Gasteiger partial charge on any atom is -0.495 e. The Bertz CT molecular complexity index is 674. The third-order valence-corrected chi connectivity index (χ3v) is 4.79. The molecule has 0 amide bonds. The molecule has 1 aliphatic rings. The van der Waals surface area contributed by atoms with Crippen molar-refractivity contribution >= 4 is 39.1 Å². The maximum atomic E-state index is 6.18. The average Bonchev–Trinajstić information content (AvgIpc) is 3.26. The lowest BCUT2D eigenvalue weighted by molar-refractivity contribution is 0.415. The Labute approximate surface area is 135 Å². The van der Waals surface area contributed by atoms with Crippen LogP contribution in [0.5, 0.6) is 5.75 Å². The largest absolute Gasteiger partial charge is 0.495 e. The van der Waals surface area contributed by atoms with Crippen LogP contribution in [0.15, 0.2) is 22.7 Å². The van der Waals surface area contributed by atoms with E-state index in [1.807, 2.05) is 6.07 Å². The van der Waals surface area contributed by atoms with E-state index >= 15 is 0 Å². The van der Waals surface area contributed by atoms with Gasteiger partial charge < -0.3 is 4.74 Å². The van der Waals surface area contributed by atoms with Crippen LogP contribution in [0.1, 0.15) is 24.5 Å². The third kappa shape index (κ3) is 2.65. The highest BCUT2D eigenvalue weighted by Gasteiger charge is 2.29. The third-order valence-electron chi connectivity index (χ3n) is 3.21. The van der Waals surface area contributed by atoms with Crippen molar-refractivity contribution in [2.24, 2.45) is 0 Å². The molecule has 1 aliphatic carbocycles. The van der Waals surface area contributed by atoms with Crippen LogP contribution in [0.3, 0.4) is 0 Å². The summed E-state index contributed by atoms with van der Waals surface area (Å²) < 4.78 is 5.94. The molecule has 0 spiro atoms. The molecular weight excluding hydrogens is 363 g/mol. The molecular formula is C14H11BrCl2N2O. The van der Waals surface area contributed by atoms with Gasteiger partial charge in [0.05, 0.1) is 22.3 Å². The summed E-state index contributed by atoms with van der Waals surface area (Å²) in [4.78, 5) is 8.94. The Morgan fingerprint density at radius 3 is 2.60 bits per heavy atom. The predicted molar refractivity (Wildman–Crippen MR) is 83.7 cm³/mol. The van der Waals surface area contributed by atoms with Crippen LogP contribution in [0.2, 0.25) is 10.2 Å². The molecule has 0 bridgehead atoms. The number of nitrogens with zero attached hydrogens (tertiary/aromatic N) is 2. The lowest BCUT2D eigenvalue weighted by Crippen LogP contribution is -1.97. The first kappa shape index (κ1) is 14.1. The topological polar surface area (TPSA) is 35.0 Å². The first-order valence-corrected chi connectivity index (χ1v) is 7.72. The van der Waals surface area contributed by atoms with Gasteiger partial charge in [0.2, 0.25) is 0 Å². The number of aromatic nitrogens is 2. The number of ether oxygens (including phenoxy) is 1. The average molecular weight is 374 g/mol. The molecule has 20 heavy (non-hydrogen) atoms. The standard InChI is InChI=1S/C14H11BrCl2N2O/c1-20-10-5-4-8(6-9(10)16)14-18-12(7-2-3-7)11(15)13(17)19-14/h4-7H,2-3H2,1H3. The van der Waals surface area contributed by atoms with E-state index in [1.165, 1.54) is 0 Å². The Hall–Kier alpha value is -0.840. The van der Waals surface area contributed by atoms with Crippen LogP contribution in [0.25, 0.3) is 11.4 Å². The van der Waals surface area contributed by atoms with Crippen molar-refractivity contribution in [1.29, 1.82) is 0 Å². The van der Waals surface area contributed by atoms with E-state index < -0.39 is 0 Å². The van der Waals surface area contributed by atoms with Crippen molar-refractivity contribution in [3.63, 3.8) is 0 Å². The number of methoxy groups -OCH3 is 1. The van der Waals surface area contributed by atoms with Crippen molar-refractivity contribution in [2.75, 3.05) is 7.11 Å². The van der Waals surface area contributed by atoms with Crippen molar-refractivity contribution in [2.45, 2.75) is 18.8 Å². The zero-order valence-electron chi connectivity index (χ0n) is 10.7. The molecule has 6 heteroatoms. The minimum atomic E-state index is 0.434. The number of halogens is 3. The van der Waals surface area contributed by atoms with Gasteiger partial charge in [-0.05, 0) is 47.0 Å². The zero-order valence-corrected chi connectivity index (χ0v) is 13.8. The second-order valence-electron chi connectivity index (χ2n) is 4.66. The molecule has 0 atom stereocenters. The van der Waals surface area contributed by atoms with Crippen LogP contribution in [0, 0.1) is 0 Å². The van der Waals surface area contributed by atoms with Crippen molar-refractivity contribution in [3.05, 3.63) is 38.5 Å². The van der Waals surface area contributed by atoms with E-state index in [9.17, 15) is 0 Å². The molecule has 0 N–H and O–H groups in total. The summed E-state index contributed by atoms with van der Waals surface area (Å²) in [6, 6.07) is 5.46. The summed E-state index contributed by atoms with van der Waals surface area (Å²) in [6.07, 6.45) is 2.30. The minimum absolute atomic E-state index is 0.434. The molecule has 1 fully saturated rings. The fourth-order valence-electron chi connectivity index (χ4n) is 2.00. The summed E-state index contributed by atoms with van der Waals surface area (Å²) in [5, 5.41) is 0.962. The summed E-state index contributed by atoms with van der Waals surface area (Å²) in [7, 11) is 1.58. The summed E-state index contributed by atoms with van der Waals surface area (Å²) in [5.41, 5.74) is 1.80. The molecule has 1 aromatic carbocycles. The number of hydrogen-bond acceptors (Lipinski definition) is 3. The second kappa shape index (κ2) is 5.51. The van der Waals surface area contributed by atoms with Crippen LogP contribution < -0.4 is 4.74 Å². The molecule has 0 aliphatic heterocycles. The number of hydrogen-bond donors (Lipinski definition) is 0. The lowest BCUT2D eigenvalue weighted by atomic mass is 10.2. The maximum Gasteiger partial charge on any atom is 0.161 e. The molecule has 2 aromatic rings. The zero-order chi connectivity index (χ0) is 14.3. The van der Waals surface area contributed by atoms with Gasteiger partial charge in [-0.2, -0.15) is 0 Å². The number of benzene rings is 1. The molecule has 3 rings (SSSR count). The first-order chi connectivity index (χ1) is 9.60. The summed E-state index contributed by atoms with van der Waals surface area (Å²) >= 11 is 15.8. The molecule has 1 heterocycles. The number of rotatable bonds is 3. The monoisotopic (exact) mass is 372 g/mol. The highest BCUT2D eigenvalue weighted by molar-refractivity contribution is 9.10. The molecule has 3 nitrogen and oxygen atoms in total. The Morgan fingerprint density at radius 1 is 1.25 bits per heavy atom. The molecule has 0 unspecified atom stereocenters. The molecule has 0 radical (unpaired) electrons. The van der Waals surface area contributed by atoms with E-state index in [0.29, 0.717) is 27.7 Å². The van der Waals surface area contributed by atoms with Crippen LogP contribution in [0.4, 0.5) is 0 Å². The van der Waals surface area contributed by atoms with E-state index in [-0.39, 0.29) is 0 Å². The quantitative estimate of drug-likeness (QED) is 0.702. The fraction of sp³-hybridized carbons (Fsp3) is 0.286. The van der Waals surface area contributed by atoms with Gasteiger partial charge in [-0.25, -0.2) is 9.97 Å². The normalized spacial score (nSPS) is 14.4. The second-order valence-corrected chi connectivity index (χ2v) is 6.22. The fourth-order valence-corrected chi connectivity index (χ4v) is 2.93. The smallest absolute Gasteiger partial charge is 0.161 e. The van der Waals surface area contributed by atoms with E-state index in [2.05, 4.69) is 25.9 Å². The Morgan fingerprint density at radius 2 is 2.00 bits per heavy atom. The van der Waals surface area contributed by atoms with Gasteiger partial charge in [0.25, 0.3) is 0 Å². The molecule has 104 valence electrons. The van der Waals surface area contributed by atoms with Gasteiger partial charge in [0, 0.05) is 11.5 Å². The van der Waals surface area contributed by atoms with Crippen molar-refractivity contribution < 1.29 is 4.74 Å². The predicted octanol–water partition coefficient (Wildman–Crippen LogP) is 5.10. The highest BCUT2D eigenvalue weighted by Crippen LogP contribution is 2.44. The highest BCUT2D eigenvalue weighted by atomic mass is 79.9. The van der Waals surface area contributed by atoms with Crippen molar-refractivity contribution in [3.8, 4) is 17.1 Å². The van der Waals surface area contributed by atoms with Gasteiger partial charge in [-0.1, -0.05) is 23.2 Å². The molecule has 1 saturated carbocycles. The maximum absolute atomic E-state index is 6.18. The van der Waals surface area contributed by atoms with Crippen LogP contribution >= 0.6 is 39.1 Å². The van der Waals surface area contributed by atoms with E-state index in [4.69, 9.17) is 27.9 Å². The van der Waals surface area contributed by atoms with Gasteiger partial charge in [0.15, 0.2) is 5.82 Å². The van der Waals surface area contributed by atoms with E-state index in [0.717, 1.165) is 28.6 Å².